The van der Waals surface area contributed by atoms with Crippen molar-refractivity contribution in [3.8, 4) is 17.0 Å². The van der Waals surface area contributed by atoms with E-state index in [0.717, 1.165) is 12.1 Å². The molecule has 6 heteroatoms. The van der Waals surface area contributed by atoms with Crippen molar-refractivity contribution in [2.75, 3.05) is 13.9 Å². The maximum absolute atomic E-state index is 14.2. The lowest BCUT2D eigenvalue weighted by Gasteiger charge is -2.13. The van der Waals surface area contributed by atoms with Crippen LogP contribution in [0.3, 0.4) is 0 Å². The quantitative estimate of drug-likeness (QED) is 0.814. The predicted octanol–water partition coefficient (Wildman–Crippen LogP) is 2.62. The van der Waals surface area contributed by atoms with Crippen LogP contribution in [0.1, 0.15) is 5.56 Å². The molecule has 0 saturated carbocycles. The summed E-state index contributed by atoms with van der Waals surface area (Å²) in [7, 11) is 2.88. The molecule has 112 valence electrons. The molecular formula is C15H15F2NO3. The third-order valence-corrected chi connectivity index (χ3v) is 3.11. The highest BCUT2D eigenvalue weighted by Crippen LogP contribution is 2.29. The Morgan fingerprint density at radius 1 is 1.19 bits per heavy atom. The molecule has 0 unspecified atom stereocenters. The first-order chi connectivity index (χ1) is 9.95. The van der Waals surface area contributed by atoms with E-state index in [0.29, 0.717) is 5.56 Å². The van der Waals surface area contributed by atoms with Gasteiger partial charge in [0.25, 0.3) is 5.56 Å². The zero-order valence-electron chi connectivity index (χ0n) is 11.9. The minimum atomic E-state index is -0.806. The summed E-state index contributed by atoms with van der Waals surface area (Å²) in [6.45, 7) is 1.53. The van der Waals surface area contributed by atoms with E-state index in [1.807, 2.05) is 0 Å². The molecule has 0 radical (unpaired) electrons. The van der Waals surface area contributed by atoms with Crippen molar-refractivity contribution in [1.29, 1.82) is 0 Å². The van der Waals surface area contributed by atoms with E-state index < -0.39 is 11.6 Å². The Hall–Kier alpha value is -2.21. The molecule has 0 N–H and O–H groups in total. The van der Waals surface area contributed by atoms with Gasteiger partial charge in [-0.3, -0.25) is 4.79 Å². The molecule has 0 atom stereocenters. The van der Waals surface area contributed by atoms with Gasteiger partial charge in [0.05, 0.1) is 11.3 Å². The fraction of sp³-hybridized carbons (Fsp3) is 0.267. The summed E-state index contributed by atoms with van der Waals surface area (Å²) in [5.41, 5.74) is 0.103. The van der Waals surface area contributed by atoms with Crippen LogP contribution in [-0.4, -0.2) is 18.5 Å². The third-order valence-electron chi connectivity index (χ3n) is 3.11. The molecule has 1 aromatic heterocycles. The fourth-order valence-corrected chi connectivity index (χ4v) is 2.02. The fourth-order valence-electron chi connectivity index (χ4n) is 2.02. The van der Waals surface area contributed by atoms with Crippen molar-refractivity contribution >= 4 is 0 Å². The van der Waals surface area contributed by atoms with E-state index in [9.17, 15) is 13.6 Å². The number of aryl methyl sites for hydroxylation is 1. The molecule has 0 aliphatic carbocycles. The average molecular weight is 295 g/mol. The number of hydrogen-bond acceptors (Lipinski definition) is 3. The number of ether oxygens (including phenoxy) is 2. The Morgan fingerprint density at radius 2 is 1.81 bits per heavy atom. The SMILES string of the molecule is COCOc1cc(F)c(-c2ccc(C)c(=O)n2C)c(F)c1. The van der Waals surface area contributed by atoms with Gasteiger partial charge in [-0.15, -0.1) is 0 Å². The molecule has 0 bridgehead atoms. The minimum absolute atomic E-state index is 0.0210. The zero-order valence-corrected chi connectivity index (χ0v) is 11.9. The monoisotopic (exact) mass is 295 g/mol. The van der Waals surface area contributed by atoms with Gasteiger partial charge in [0.15, 0.2) is 6.79 Å². The maximum atomic E-state index is 14.2. The van der Waals surface area contributed by atoms with Crippen LogP contribution < -0.4 is 10.3 Å². The van der Waals surface area contributed by atoms with Crippen LogP contribution in [0.5, 0.6) is 5.75 Å². The Kier molecular flexibility index (Phi) is 4.37. The number of aromatic nitrogens is 1. The van der Waals surface area contributed by atoms with Crippen LogP contribution in [0.15, 0.2) is 29.1 Å². The van der Waals surface area contributed by atoms with Crippen LogP contribution >= 0.6 is 0 Å². The molecule has 2 aromatic rings. The number of hydrogen-bond donors (Lipinski definition) is 0. The van der Waals surface area contributed by atoms with Crippen molar-refractivity contribution in [3.05, 3.63) is 51.8 Å². The molecule has 0 amide bonds. The highest BCUT2D eigenvalue weighted by Gasteiger charge is 2.17. The number of methoxy groups -OCH3 is 1. The van der Waals surface area contributed by atoms with E-state index in [4.69, 9.17) is 4.74 Å². The van der Waals surface area contributed by atoms with Gasteiger partial charge in [-0.25, -0.2) is 8.78 Å². The predicted molar refractivity (Wildman–Crippen MR) is 74.3 cm³/mol. The minimum Gasteiger partial charge on any atom is -0.467 e. The Labute approximate surface area is 120 Å². The normalized spacial score (nSPS) is 10.7. The van der Waals surface area contributed by atoms with E-state index in [1.54, 1.807) is 6.92 Å². The second-order valence-electron chi connectivity index (χ2n) is 4.58. The number of benzene rings is 1. The molecule has 2 rings (SSSR count). The van der Waals surface area contributed by atoms with Crippen molar-refractivity contribution in [1.82, 2.24) is 4.57 Å². The van der Waals surface area contributed by atoms with Crippen LogP contribution in [0.4, 0.5) is 8.78 Å². The number of pyridine rings is 1. The van der Waals surface area contributed by atoms with E-state index >= 15 is 0 Å². The van der Waals surface area contributed by atoms with E-state index in [2.05, 4.69) is 4.74 Å². The Balaban J connectivity index is 2.55. The molecule has 0 saturated heterocycles. The smallest absolute Gasteiger partial charge is 0.253 e. The van der Waals surface area contributed by atoms with Gasteiger partial charge in [-0.05, 0) is 13.0 Å². The van der Waals surface area contributed by atoms with Crippen molar-refractivity contribution in [2.24, 2.45) is 7.05 Å². The molecule has 0 spiro atoms. The Morgan fingerprint density at radius 3 is 2.38 bits per heavy atom. The van der Waals surface area contributed by atoms with Crippen LogP contribution in [0.25, 0.3) is 11.3 Å². The van der Waals surface area contributed by atoms with Gasteiger partial charge in [0.1, 0.15) is 17.4 Å². The highest BCUT2D eigenvalue weighted by atomic mass is 19.1. The third kappa shape index (κ3) is 2.95. The summed E-state index contributed by atoms with van der Waals surface area (Å²) < 4.78 is 39.2. The summed E-state index contributed by atoms with van der Waals surface area (Å²) in [6.07, 6.45) is 0. The molecule has 0 fully saturated rings. The maximum Gasteiger partial charge on any atom is 0.253 e. The largest absolute Gasteiger partial charge is 0.467 e. The van der Waals surface area contributed by atoms with Gasteiger partial charge in [-0.2, -0.15) is 0 Å². The summed E-state index contributed by atoms with van der Waals surface area (Å²) in [4.78, 5) is 11.9. The summed E-state index contributed by atoms with van der Waals surface area (Å²) in [5.74, 6) is -1.59. The van der Waals surface area contributed by atoms with Crippen molar-refractivity contribution < 1.29 is 18.3 Å². The lowest BCUT2D eigenvalue weighted by Crippen LogP contribution is -2.20. The second kappa shape index (κ2) is 6.05. The lowest BCUT2D eigenvalue weighted by atomic mass is 10.1. The zero-order chi connectivity index (χ0) is 15.6. The first kappa shape index (κ1) is 15.2. The van der Waals surface area contributed by atoms with Crippen LogP contribution in [0.2, 0.25) is 0 Å². The van der Waals surface area contributed by atoms with E-state index in [1.165, 1.54) is 30.9 Å². The first-order valence-electron chi connectivity index (χ1n) is 6.23. The topological polar surface area (TPSA) is 40.5 Å². The van der Waals surface area contributed by atoms with E-state index in [-0.39, 0.29) is 29.4 Å². The second-order valence-corrected chi connectivity index (χ2v) is 4.58. The molecule has 1 aromatic carbocycles. The van der Waals surface area contributed by atoms with Gasteiger partial charge in [-0.1, -0.05) is 6.07 Å². The molecule has 0 aliphatic heterocycles. The average Bonchev–Trinajstić information content (AvgIpc) is 2.44. The van der Waals surface area contributed by atoms with Gasteiger partial charge >= 0.3 is 0 Å². The molecule has 0 aliphatic rings. The standard InChI is InChI=1S/C15H15F2NO3/c1-9-4-5-13(18(2)15(9)19)14-11(16)6-10(7-12(14)17)21-8-20-3/h4-7H,8H2,1-3H3. The molecular weight excluding hydrogens is 280 g/mol. The number of halogens is 2. The van der Waals surface area contributed by atoms with Crippen LogP contribution in [0, 0.1) is 18.6 Å². The first-order valence-corrected chi connectivity index (χ1v) is 6.23. The number of nitrogens with zero attached hydrogens (tertiary/aromatic N) is 1. The number of rotatable bonds is 4. The Bertz CT molecular complexity index is 702. The van der Waals surface area contributed by atoms with Gasteiger partial charge in [0.2, 0.25) is 0 Å². The van der Waals surface area contributed by atoms with Crippen LogP contribution in [-0.2, 0) is 11.8 Å². The summed E-state index contributed by atoms with van der Waals surface area (Å²) >= 11 is 0. The summed E-state index contributed by atoms with van der Waals surface area (Å²) in [6, 6.07) is 5.16. The molecule has 21 heavy (non-hydrogen) atoms. The molecule has 4 nitrogen and oxygen atoms in total. The van der Waals surface area contributed by atoms with Crippen molar-refractivity contribution in [3.63, 3.8) is 0 Å². The summed E-state index contributed by atoms with van der Waals surface area (Å²) in [5, 5.41) is 0. The lowest BCUT2D eigenvalue weighted by molar-refractivity contribution is 0.0507. The molecule has 1 heterocycles. The van der Waals surface area contributed by atoms with Crippen molar-refractivity contribution in [2.45, 2.75) is 6.92 Å². The van der Waals surface area contributed by atoms with Gasteiger partial charge < -0.3 is 14.0 Å². The van der Waals surface area contributed by atoms with Gasteiger partial charge in [0, 0.05) is 31.9 Å². The highest BCUT2D eigenvalue weighted by molar-refractivity contribution is 5.62.